The molecule has 0 aliphatic heterocycles. The SMILES string of the molecule is Cc1nc(C(C)(C)c2ccccc2)nc(C)c1CCCN. The average molecular weight is 283 g/mol. The molecule has 0 radical (unpaired) electrons. The lowest BCUT2D eigenvalue weighted by atomic mass is 9.83. The van der Waals surface area contributed by atoms with Gasteiger partial charge in [0.15, 0.2) is 0 Å². The van der Waals surface area contributed by atoms with Crippen molar-refractivity contribution < 1.29 is 0 Å². The molecule has 2 N–H and O–H groups in total. The van der Waals surface area contributed by atoms with Crippen molar-refractivity contribution in [1.82, 2.24) is 9.97 Å². The van der Waals surface area contributed by atoms with Crippen LogP contribution >= 0.6 is 0 Å². The van der Waals surface area contributed by atoms with Gasteiger partial charge in [0, 0.05) is 16.8 Å². The van der Waals surface area contributed by atoms with E-state index in [1.54, 1.807) is 0 Å². The number of nitrogens with two attached hydrogens (primary N) is 1. The summed E-state index contributed by atoms with van der Waals surface area (Å²) in [6.45, 7) is 9.21. The van der Waals surface area contributed by atoms with Gasteiger partial charge in [-0.05, 0) is 58.2 Å². The monoisotopic (exact) mass is 283 g/mol. The first kappa shape index (κ1) is 15.6. The van der Waals surface area contributed by atoms with E-state index in [0.29, 0.717) is 6.54 Å². The molecule has 1 aromatic carbocycles. The third kappa shape index (κ3) is 3.30. The van der Waals surface area contributed by atoms with Crippen LogP contribution in [0.4, 0.5) is 0 Å². The van der Waals surface area contributed by atoms with E-state index in [-0.39, 0.29) is 5.41 Å². The minimum atomic E-state index is -0.191. The van der Waals surface area contributed by atoms with Gasteiger partial charge in [-0.1, -0.05) is 30.3 Å². The number of nitrogens with zero attached hydrogens (tertiary/aromatic N) is 2. The predicted octanol–water partition coefficient (Wildman–Crippen LogP) is 3.31. The number of rotatable bonds is 5. The van der Waals surface area contributed by atoms with E-state index in [1.807, 2.05) is 6.07 Å². The van der Waals surface area contributed by atoms with Crippen LogP contribution in [0.2, 0.25) is 0 Å². The molecule has 0 unspecified atom stereocenters. The van der Waals surface area contributed by atoms with E-state index in [1.165, 1.54) is 11.1 Å². The second-order valence-corrected chi connectivity index (χ2v) is 6.08. The number of hydrogen-bond donors (Lipinski definition) is 1. The van der Waals surface area contributed by atoms with Crippen molar-refractivity contribution >= 4 is 0 Å². The van der Waals surface area contributed by atoms with Crippen LogP contribution in [-0.2, 0) is 11.8 Å². The van der Waals surface area contributed by atoms with E-state index < -0.39 is 0 Å². The molecule has 3 heteroatoms. The van der Waals surface area contributed by atoms with Crippen LogP contribution in [0.3, 0.4) is 0 Å². The molecular weight excluding hydrogens is 258 g/mol. The molecule has 1 heterocycles. The van der Waals surface area contributed by atoms with E-state index in [4.69, 9.17) is 15.7 Å². The summed E-state index contributed by atoms with van der Waals surface area (Å²) < 4.78 is 0. The topological polar surface area (TPSA) is 51.8 Å². The third-order valence-electron chi connectivity index (χ3n) is 4.11. The molecule has 0 spiro atoms. The first-order valence-corrected chi connectivity index (χ1v) is 7.57. The molecular formula is C18H25N3. The summed E-state index contributed by atoms with van der Waals surface area (Å²) in [4.78, 5) is 9.57. The molecule has 0 saturated carbocycles. The number of aryl methyl sites for hydroxylation is 2. The Morgan fingerprint density at radius 3 is 2.10 bits per heavy atom. The number of benzene rings is 1. The fourth-order valence-corrected chi connectivity index (χ4v) is 2.64. The minimum absolute atomic E-state index is 0.191. The van der Waals surface area contributed by atoms with Gasteiger partial charge in [0.1, 0.15) is 5.82 Å². The van der Waals surface area contributed by atoms with Crippen LogP contribution in [0.25, 0.3) is 0 Å². The van der Waals surface area contributed by atoms with Crippen molar-refractivity contribution in [2.45, 2.75) is 46.0 Å². The fourth-order valence-electron chi connectivity index (χ4n) is 2.64. The van der Waals surface area contributed by atoms with Crippen molar-refractivity contribution in [3.63, 3.8) is 0 Å². The Bertz CT molecular complexity index is 580. The highest BCUT2D eigenvalue weighted by molar-refractivity contribution is 5.33. The maximum atomic E-state index is 5.61. The fraction of sp³-hybridized carbons (Fsp3) is 0.444. The maximum absolute atomic E-state index is 5.61. The maximum Gasteiger partial charge on any atom is 0.138 e. The second kappa shape index (κ2) is 6.35. The zero-order chi connectivity index (χ0) is 15.5. The quantitative estimate of drug-likeness (QED) is 0.916. The van der Waals surface area contributed by atoms with E-state index in [9.17, 15) is 0 Å². The molecule has 0 atom stereocenters. The van der Waals surface area contributed by atoms with Gasteiger partial charge in [-0.15, -0.1) is 0 Å². The van der Waals surface area contributed by atoms with Crippen molar-refractivity contribution in [2.75, 3.05) is 6.54 Å². The molecule has 3 nitrogen and oxygen atoms in total. The number of aromatic nitrogens is 2. The first-order chi connectivity index (χ1) is 9.96. The second-order valence-electron chi connectivity index (χ2n) is 6.08. The molecule has 0 aliphatic rings. The molecule has 112 valence electrons. The number of hydrogen-bond acceptors (Lipinski definition) is 3. The molecule has 0 bridgehead atoms. The zero-order valence-electron chi connectivity index (χ0n) is 13.5. The molecule has 0 amide bonds. The Morgan fingerprint density at radius 2 is 1.57 bits per heavy atom. The van der Waals surface area contributed by atoms with Crippen molar-refractivity contribution in [2.24, 2.45) is 5.73 Å². The van der Waals surface area contributed by atoms with E-state index in [2.05, 4.69) is 52.0 Å². The summed E-state index contributed by atoms with van der Waals surface area (Å²) in [5, 5.41) is 0. The highest BCUT2D eigenvalue weighted by atomic mass is 14.9. The molecule has 1 aromatic heterocycles. The Balaban J connectivity index is 2.41. The van der Waals surface area contributed by atoms with Crippen LogP contribution < -0.4 is 5.73 Å². The Morgan fingerprint density at radius 1 is 1.00 bits per heavy atom. The summed E-state index contributed by atoms with van der Waals surface area (Å²) in [5.74, 6) is 0.889. The molecule has 0 fully saturated rings. The highest BCUT2D eigenvalue weighted by Crippen LogP contribution is 2.29. The molecule has 2 rings (SSSR count). The largest absolute Gasteiger partial charge is 0.330 e. The summed E-state index contributed by atoms with van der Waals surface area (Å²) in [5.41, 5.74) is 10.1. The molecule has 2 aromatic rings. The van der Waals surface area contributed by atoms with Gasteiger partial charge < -0.3 is 5.73 Å². The standard InChI is InChI=1S/C18H25N3/c1-13-16(11-8-12-19)14(2)21-17(20-13)18(3,4)15-9-6-5-7-10-15/h5-7,9-10H,8,11-12,19H2,1-4H3. The van der Waals surface area contributed by atoms with Crippen LogP contribution in [-0.4, -0.2) is 16.5 Å². The zero-order valence-corrected chi connectivity index (χ0v) is 13.5. The van der Waals surface area contributed by atoms with Crippen molar-refractivity contribution in [3.05, 3.63) is 58.7 Å². The lowest BCUT2D eigenvalue weighted by Crippen LogP contribution is -2.24. The molecule has 21 heavy (non-hydrogen) atoms. The van der Waals surface area contributed by atoms with Crippen molar-refractivity contribution in [3.8, 4) is 0 Å². The van der Waals surface area contributed by atoms with Gasteiger partial charge in [-0.25, -0.2) is 9.97 Å². The minimum Gasteiger partial charge on any atom is -0.330 e. The van der Waals surface area contributed by atoms with Gasteiger partial charge in [0.2, 0.25) is 0 Å². The average Bonchev–Trinajstić information content (AvgIpc) is 2.47. The summed E-state index contributed by atoms with van der Waals surface area (Å²) in [6.07, 6.45) is 1.94. The Hall–Kier alpha value is -1.74. The van der Waals surface area contributed by atoms with Gasteiger partial charge in [-0.3, -0.25) is 0 Å². The first-order valence-electron chi connectivity index (χ1n) is 7.57. The Labute approximate surface area is 127 Å². The van der Waals surface area contributed by atoms with Gasteiger partial charge in [-0.2, -0.15) is 0 Å². The van der Waals surface area contributed by atoms with Crippen LogP contribution in [0.15, 0.2) is 30.3 Å². The van der Waals surface area contributed by atoms with Gasteiger partial charge in [0.05, 0.1) is 0 Å². The molecule has 0 saturated heterocycles. The summed E-state index contributed by atoms with van der Waals surface area (Å²) in [6, 6.07) is 10.4. The van der Waals surface area contributed by atoms with Crippen LogP contribution in [0.1, 0.15) is 48.6 Å². The van der Waals surface area contributed by atoms with Crippen LogP contribution in [0, 0.1) is 13.8 Å². The lowest BCUT2D eigenvalue weighted by molar-refractivity contribution is 0.581. The van der Waals surface area contributed by atoms with Gasteiger partial charge >= 0.3 is 0 Å². The van der Waals surface area contributed by atoms with E-state index >= 15 is 0 Å². The summed E-state index contributed by atoms with van der Waals surface area (Å²) >= 11 is 0. The van der Waals surface area contributed by atoms with E-state index in [0.717, 1.165) is 30.1 Å². The Kier molecular flexibility index (Phi) is 4.73. The highest BCUT2D eigenvalue weighted by Gasteiger charge is 2.27. The normalized spacial score (nSPS) is 11.7. The predicted molar refractivity (Wildman–Crippen MR) is 87.5 cm³/mol. The third-order valence-corrected chi connectivity index (χ3v) is 4.11. The lowest BCUT2D eigenvalue weighted by Gasteiger charge is -2.25. The summed E-state index contributed by atoms with van der Waals surface area (Å²) in [7, 11) is 0. The smallest absolute Gasteiger partial charge is 0.138 e. The van der Waals surface area contributed by atoms with Gasteiger partial charge in [0.25, 0.3) is 0 Å². The van der Waals surface area contributed by atoms with Crippen molar-refractivity contribution in [1.29, 1.82) is 0 Å². The molecule has 0 aliphatic carbocycles. The van der Waals surface area contributed by atoms with Crippen LogP contribution in [0.5, 0.6) is 0 Å².